The molecule has 0 spiro atoms. The van der Waals surface area contributed by atoms with Crippen LogP contribution in [0.25, 0.3) is 10.8 Å². The van der Waals surface area contributed by atoms with Gasteiger partial charge in [-0.05, 0) is 207 Å². The van der Waals surface area contributed by atoms with E-state index in [-0.39, 0.29) is 67.5 Å². The number of halogens is 1. The molecule has 14 rings (SSSR count). The molecular weight excluding hydrogens is 1950 g/mol. The number of fused-ring (bicyclic) bond motifs is 7. The van der Waals surface area contributed by atoms with Crippen molar-refractivity contribution in [1.29, 1.82) is 0 Å². The van der Waals surface area contributed by atoms with Gasteiger partial charge in [-0.2, -0.15) is 50.5 Å². The number of hydrogen-bond acceptors (Lipinski definition) is 33. The summed E-state index contributed by atoms with van der Waals surface area (Å²) in [6.45, 7) is 22.8. The molecule has 7 unspecified atom stereocenters. The number of nitrogens with zero attached hydrogens (tertiary/aromatic N) is 6. The maximum absolute atomic E-state index is 11.2. The largest absolute Gasteiger partial charge is 0.480 e. The van der Waals surface area contributed by atoms with Gasteiger partial charge in [-0.1, -0.05) is 66.3 Å². The van der Waals surface area contributed by atoms with Gasteiger partial charge in [0.1, 0.15) is 34.6 Å². The van der Waals surface area contributed by atoms with Gasteiger partial charge in [0, 0.05) is 174 Å². The minimum Gasteiger partial charge on any atom is -0.480 e. The molecule has 0 radical (unpaired) electrons. The maximum Gasteiger partial charge on any atom is 0.394 e. The zero-order valence-corrected chi connectivity index (χ0v) is 81.5. The molecule has 30 N–H and O–H groups in total. The number of benzene rings is 8. The van der Waals surface area contributed by atoms with Crippen LogP contribution in [-0.2, 0) is 108 Å². The molecule has 0 aromatic heterocycles. The number of nitrogen functional groups attached to an aromatic ring is 6. The summed E-state index contributed by atoms with van der Waals surface area (Å²) in [5, 5.41) is 65.5. The van der Waals surface area contributed by atoms with Crippen LogP contribution in [0.4, 0.5) is 68.2 Å². The lowest BCUT2D eigenvalue weighted by molar-refractivity contribution is -0.135. The Morgan fingerprint density at radius 2 is 0.816 bits per heavy atom. The van der Waals surface area contributed by atoms with Crippen molar-refractivity contribution in [2.45, 2.75) is 152 Å². The van der Waals surface area contributed by atoms with E-state index >= 15 is 0 Å². The minimum absolute atomic E-state index is 0. The lowest BCUT2D eigenvalue weighted by Crippen LogP contribution is -2.49. The van der Waals surface area contributed by atoms with Crippen molar-refractivity contribution in [1.82, 2.24) is 4.72 Å². The number of aliphatic carboxylic acids is 1. The fourth-order valence-corrected chi connectivity index (χ4v) is 17.2. The number of nitrogens with two attached hydrogens (primary N) is 6. The van der Waals surface area contributed by atoms with Gasteiger partial charge in [0.25, 0.3) is 20.2 Å². The van der Waals surface area contributed by atoms with Crippen LogP contribution in [0.3, 0.4) is 0 Å². The summed E-state index contributed by atoms with van der Waals surface area (Å²) in [4.78, 5) is 23.2. The highest BCUT2D eigenvalue weighted by Gasteiger charge is 2.43. The molecule has 8 aromatic rings. The van der Waals surface area contributed by atoms with E-state index < -0.39 is 119 Å². The molecule has 6 heterocycles. The van der Waals surface area contributed by atoms with E-state index in [4.69, 9.17) is 129 Å². The number of β-amino-alcohol motifs (C(OH)–C–C–N with tert-alkyl or cyclic N) is 2. The summed E-state index contributed by atoms with van der Waals surface area (Å²) in [5.74, 6) is -0.376. The van der Waals surface area contributed by atoms with E-state index in [9.17, 15) is 50.5 Å². The van der Waals surface area contributed by atoms with E-state index in [1.54, 1.807) is 6.07 Å². The third-order valence-corrected chi connectivity index (χ3v) is 23.8. The maximum atomic E-state index is 11.2. The van der Waals surface area contributed by atoms with Crippen molar-refractivity contribution in [3.05, 3.63) is 179 Å². The molecule has 0 fully saturated rings. The zero-order chi connectivity index (χ0) is 102. The van der Waals surface area contributed by atoms with Crippen molar-refractivity contribution in [2.75, 3.05) is 155 Å². The fourth-order valence-electron chi connectivity index (χ4n) is 15.3. The lowest BCUT2D eigenvalue weighted by atomic mass is 9.81. The number of anilines is 12. The van der Waals surface area contributed by atoms with Crippen LogP contribution in [0.2, 0.25) is 0 Å². The lowest BCUT2D eigenvalue weighted by Gasteiger charge is -2.30. The normalized spacial score (nSPS) is 16.5. The average molecular weight is 2090 g/mol. The molecule has 6 aliphatic rings. The minimum atomic E-state index is -4.67. The Bertz CT molecular complexity index is 5850. The number of hydrogen-bond donors (Lipinski definition) is 24. The molecule has 7 atom stereocenters. The smallest absolute Gasteiger partial charge is 0.394 e. The van der Waals surface area contributed by atoms with Gasteiger partial charge in [-0.3, -0.25) is 50.3 Å². The number of aliphatic hydroxyl groups is 6. The molecule has 0 bridgehead atoms. The molecule has 0 amide bonds. The Balaban J connectivity index is -0.00000151. The summed E-state index contributed by atoms with van der Waals surface area (Å²) in [6, 6.07) is 43.7. The highest BCUT2D eigenvalue weighted by Crippen LogP contribution is 2.46. The van der Waals surface area contributed by atoms with Crippen molar-refractivity contribution in [3.8, 4) is 0 Å². The number of rotatable bonds is 20. The van der Waals surface area contributed by atoms with Crippen LogP contribution in [-0.4, -0.2) is 274 Å². The van der Waals surface area contributed by atoms with Crippen LogP contribution in [0.5, 0.6) is 0 Å². The predicted octanol–water partition coefficient (Wildman–Crippen LogP) is 6.51. The number of aliphatic hydroxyl groups excluding tert-OH is 6. The van der Waals surface area contributed by atoms with Crippen LogP contribution in [0.15, 0.2) is 155 Å². The molecule has 53 heteroatoms. The van der Waals surface area contributed by atoms with Gasteiger partial charge >= 0.3 is 47.6 Å². The second kappa shape index (κ2) is 53.5. The van der Waals surface area contributed by atoms with E-state index in [1.165, 1.54) is 82.7 Å². The van der Waals surface area contributed by atoms with Crippen LogP contribution < -0.4 is 68.5 Å². The molecule has 0 saturated carbocycles. The Morgan fingerprint density at radius 3 is 1.19 bits per heavy atom. The van der Waals surface area contributed by atoms with Crippen molar-refractivity contribution in [3.63, 3.8) is 0 Å². The molecule has 0 aliphatic carbocycles. The Morgan fingerprint density at radius 1 is 0.463 bits per heavy atom. The highest BCUT2D eigenvalue weighted by atomic mass is 35.5. The molecule has 0 saturated heterocycles. The first-order chi connectivity index (χ1) is 61.7. The Labute approximate surface area is 805 Å². The van der Waals surface area contributed by atoms with Gasteiger partial charge in [-0.15, -0.1) is 12.4 Å². The third kappa shape index (κ3) is 41.6. The van der Waals surface area contributed by atoms with Crippen molar-refractivity contribution >= 4 is 169 Å². The third-order valence-electron chi connectivity index (χ3n) is 21.2. The number of nitrogens with one attached hydrogen (secondary N) is 1. The molecule has 136 heavy (non-hydrogen) atoms. The summed E-state index contributed by atoms with van der Waals surface area (Å²) in [6.07, 6.45) is 1.86. The number of carboxylic acid groups (broad SMARTS) is 1. The molecule has 6 aliphatic heterocycles. The Kier molecular flexibility index (Phi) is 48.2. The number of carboxylic acids is 1. The second-order valence-electron chi connectivity index (χ2n) is 31.9. The molecule has 45 nitrogen and oxygen atoms in total. The monoisotopic (exact) mass is 2090 g/mol. The molecule has 774 valence electrons. The number of sulfonamides is 1. The summed E-state index contributed by atoms with van der Waals surface area (Å²) in [7, 11) is -30.7. The number of carbonyl (C=O) groups is 1. The first kappa shape index (κ1) is 122. The quantitative estimate of drug-likeness (QED) is 0.0286. The van der Waals surface area contributed by atoms with Gasteiger partial charge in [0.2, 0.25) is 10.0 Å². The van der Waals surface area contributed by atoms with Crippen LogP contribution in [0.1, 0.15) is 114 Å². The van der Waals surface area contributed by atoms with Gasteiger partial charge in [-0.25, -0.2) is 13.1 Å². The van der Waals surface area contributed by atoms with Gasteiger partial charge in [0.05, 0.1) is 25.6 Å². The second-order valence-corrected chi connectivity index (χ2v) is 40.1. The van der Waals surface area contributed by atoms with E-state index in [0.29, 0.717) is 43.8 Å². The van der Waals surface area contributed by atoms with Crippen LogP contribution >= 0.6 is 12.4 Å². The highest BCUT2D eigenvalue weighted by molar-refractivity contribution is 7.88. The van der Waals surface area contributed by atoms with Gasteiger partial charge in [0.15, 0.2) is 0 Å². The topological polar surface area (TPSA) is 788 Å². The van der Waals surface area contributed by atoms with E-state index in [0.717, 1.165) is 127 Å². The molecular formula is C83H136ClN13O32S7. The standard InChI is InChI=1S/C14H22N2O5.C13H18N2O2.C12H19N3O2S.C11H16N2O.2C11H16N2.C10H8O6S2.CH4.ClH.4H2O4S.4H2/c15-9-1-2-10-8(5-9)3-4-16(10)6-11(18)13(20)14(21)12(19)7-17;1-8-13(2,3)10-6-9(14)4-5-11(10)15(8)7-12(16)17;1-9-8-15(6-5-14-18(2,16)17)12-4-3-10(13)7-11(9)12;1-8-6-9-7-10(12)2-3-11(9)13(8)4-5-14;2*1-2-6-13-7-5-9-8-10(12)3-4-11(9)13;11-17(12,13)9-5-1-3-7-8(9)4-2-6-10(7)18(14,15)16;;;4*1-5(2,3)4;;;;/h1-2,5,11-14,17-21H,3-4,6-7,15H2;4-6,8H,7,14H2,1-3H3,(H,16,17);3-4,7,9,14H,5-6,8,13H2,1-2H3;2-3,7-8,14H,4-6,12H2,1H3;2*3-4,8H,2,5-7,12H2,1H3;1-6H,(H,11,12,13)(H,14,15,16);1H4;1H;4*(H2,1,2,3,4);4*1H. The summed E-state index contributed by atoms with van der Waals surface area (Å²) >= 11 is 0. The van der Waals surface area contributed by atoms with E-state index in [1.807, 2.05) is 88.7 Å². The SMILES string of the molecule is C.CC1CN(CCNS(C)(=O)=O)c2ccc(N)cc21.CC1Cc2cc(N)ccc2N1CCO.CC1N(CC(=O)O)c2ccc(N)cc2C1(C)C.CCCN1CCc2cc(N)ccc21.CCCN1CCc2cc(N)ccc21.Cl.Nc1ccc2c(c1)CCN2CC(O)C(O)C(O)C(O)CO.O=S(=O)(O)O.O=S(=O)(O)O.O=S(=O)(O)O.O=S(=O)(O)O.O=S(=O)(O)c1cccc2c(S(=O)(=O)O)cccc12.[HH].[HH].[HH].[HH]. The average Bonchev–Trinajstić information content (AvgIpc) is 1.57. The first-order valence-electron chi connectivity index (χ1n) is 40.9. The predicted molar refractivity (Wildman–Crippen MR) is 536 cm³/mol. The van der Waals surface area contributed by atoms with Crippen molar-refractivity contribution < 1.29 is 151 Å². The zero-order valence-electron chi connectivity index (χ0n) is 75.0. The van der Waals surface area contributed by atoms with Crippen LogP contribution in [0, 0.1) is 0 Å². The molecule has 8 aromatic carbocycles. The summed E-state index contributed by atoms with van der Waals surface area (Å²) in [5.41, 5.74) is 53.8. The fraction of sp³-hybridized carbons (Fsp3) is 0.434. The Hall–Kier alpha value is -9.65. The van der Waals surface area contributed by atoms with E-state index in [2.05, 4.69) is 97.1 Å². The summed E-state index contributed by atoms with van der Waals surface area (Å²) < 4.78 is 214. The van der Waals surface area contributed by atoms with Gasteiger partial charge < -0.3 is 99.5 Å². The van der Waals surface area contributed by atoms with Crippen molar-refractivity contribution in [2.24, 2.45) is 0 Å². The first-order valence-corrected chi connectivity index (χ1v) is 51.3.